The van der Waals surface area contributed by atoms with Crippen molar-refractivity contribution in [2.75, 3.05) is 0 Å². The van der Waals surface area contributed by atoms with Gasteiger partial charge in [0.1, 0.15) is 0 Å². The van der Waals surface area contributed by atoms with E-state index in [1.807, 2.05) is 5.40 Å². The van der Waals surface area contributed by atoms with Crippen LogP contribution in [0.1, 0.15) is 0 Å². The molecule has 0 heterocycles. The zero-order chi connectivity index (χ0) is 3.41. The smallest absolute Gasteiger partial charge is 0 e. The first kappa shape index (κ1) is 9.85. The molecule has 0 aromatic carbocycles. The van der Waals surface area contributed by atoms with Gasteiger partial charge in [-0.1, -0.05) is 0 Å². The molecule has 0 atom stereocenters. The van der Waals surface area contributed by atoms with Gasteiger partial charge in [-0.3, -0.25) is 0 Å². The minimum atomic E-state index is 0. The van der Waals surface area contributed by atoms with Gasteiger partial charge in [0.05, 0.1) is 0 Å². The van der Waals surface area contributed by atoms with Crippen LogP contribution in [0.2, 0.25) is 0 Å². The van der Waals surface area contributed by atoms with Crippen molar-refractivity contribution in [2.24, 2.45) is 0 Å². The molecule has 0 rings (SSSR count). The SMILES string of the molecule is N#C[S][Hg].[Cd]. The summed E-state index contributed by atoms with van der Waals surface area (Å²) in [6, 6.07) is 0. The number of nitrogens with zero attached hydrogens (tertiary/aromatic N) is 1. The third kappa shape index (κ3) is 10.7. The Hall–Kier alpha value is 1.70. The summed E-state index contributed by atoms with van der Waals surface area (Å²) < 4.78 is 0. The van der Waals surface area contributed by atoms with Crippen LogP contribution in [-0.4, -0.2) is 0 Å². The fourth-order valence-electron chi connectivity index (χ4n) is 0. The quantitative estimate of drug-likeness (QED) is 0.462. The van der Waals surface area contributed by atoms with Crippen molar-refractivity contribution in [3.63, 3.8) is 0 Å². The molecular weight excluding hydrogens is 371 g/mol. The van der Waals surface area contributed by atoms with Crippen LogP contribution in [0.15, 0.2) is 0 Å². The molecule has 5 heavy (non-hydrogen) atoms. The number of hydrogen-bond acceptors (Lipinski definition) is 2. The number of thiocyanates is 1. The van der Waals surface area contributed by atoms with E-state index in [0.717, 1.165) is 0 Å². The molecule has 4 heteroatoms. The average Bonchev–Trinajstić information content (AvgIpc) is 1.37. The average molecular weight is 371 g/mol. The van der Waals surface area contributed by atoms with Gasteiger partial charge in [-0.05, 0) is 0 Å². The predicted molar refractivity (Wildman–Crippen MR) is 13.2 cm³/mol. The Morgan fingerprint density at radius 2 is 2.00 bits per heavy atom. The van der Waals surface area contributed by atoms with E-state index < -0.39 is 0 Å². The summed E-state index contributed by atoms with van der Waals surface area (Å²) in [5, 5.41) is 9.57. The van der Waals surface area contributed by atoms with Crippen LogP contribution >= 0.6 is 8.24 Å². The van der Waals surface area contributed by atoms with E-state index in [4.69, 9.17) is 5.26 Å². The molecule has 1 nitrogen and oxygen atoms in total. The van der Waals surface area contributed by atoms with Crippen LogP contribution in [0.3, 0.4) is 0 Å². The molecule has 0 spiro atoms. The summed E-state index contributed by atoms with van der Waals surface area (Å²) in [6.07, 6.45) is 0. The standard InChI is InChI=1S/CHNS.Cd.Hg/c2-1-3;;/h3H;;/q;;+1/p-1. The van der Waals surface area contributed by atoms with Gasteiger partial charge in [-0.25, -0.2) is 0 Å². The molecule has 0 N–H and O–H groups in total. The monoisotopic (exact) mass is 374 g/mol. The molecular formula is CCdHgNS. The van der Waals surface area contributed by atoms with Crippen molar-refractivity contribution >= 4 is 8.24 Å². The second kappa shape index (κ2) is 9.20. The molecule has 0 saturated heterocycles. The molecule has 0 bridgehead atoms. The van der Waals surface area contributed by atoms with Crippen molar-refractivity contribution < 1.29 is 51.9 Å². The van der Waals surface area contributed by atoms with Gasteiger partial charge in [-0.15, -0.1) is 0 Å². The Morgan fingerprint density at radius 3 is 2.00 bits per heavy atom. The second-order valence-corrected chi connectivity index (χ2v) is 4.07. The van der Waals surface area contributed by atoms with Crippen molar-refractivity contribution in [1.82, 2.24) is 0 Å². The Bertz CT molecular complexity index is 41.4. The van der Waals surface area contributed by atoms with E-state index in [2.05, 4.69) is 0 Å². The second-order valence-electron chi connectivity index (χ2n) is 0.236. The van der Waals surface area contributed by atoms with Gasteiger partial charge in [0.15, 0.2) is 0 Å². The predicted octanol–water partition coefficient (Wildman–Crippen LogP) is 0.660. The van der Waals surface area contributed by atoms with Crippen LogP contribution in [0.4, 0.5) is 0 Å². The van der Waals surface area contributed by atoms with Crippen molar-refractivity contribution in [2.45, 2.75) is 0 Å². The number of rotatable bonds is 0. The van der Waals surface area contributed by atoms with Gasteiger partial charge >= 0.3 is 43.5 Å². The van der Waals surface area contributed by atoms with Gasteiger partial charge in [0.25, 0.3) is 0 Å². The molecule has 19 valence electrons. The molecule has 0 saturated carbocycles. The molecule has 0 amide bonds. The molecule has 0 aromatic heterocycles. The summed E-state index contributed by atoms with van der Waals surface area (Å²) in [5.41, 5.74) is 0. The van der Waals surface area contributed by atoms with Crippen LogP contribution < -0.4 is 0 Å². The van der Waals surface area contributed by atoms with Gasteiger partial charge in [0.2, 0.25) is 0 Å². The first-order valence-corrected chi connectivity index (χ1v) is 8.44. The van der Waals surface area contributed by atoms with Gasteiger partial charge in [-0.2, -0.15) is 0 Å². The third-order valence-electron chi connectivity index (χ3n) is 0.0645. The summed E-state index contributed by atoms with van der Waals surface area (Å²) in [7, 11) is 1.36. The zero-order valence-corrected chi connectivity index (χ0v) is 13.1. The van der Waals surface area contributed by atoms with Crippen LogP contribution in [0.5, 0.6) is 0 Å². The molecule has 0 aliphatic heterocycles. The van der Waals surface area contributed by atoms with Crippen molar-refractivity contribution in [3.8, 4) is 5.40 Å². The molecule has 0 radical (unpaired) electrons. The first-order chi connectivity index (χ1) is 1.91. The molecule has 0 unspecified atom stereocenters. The topological polar surface area (TPSA) is 23.8 Å². The molecule has 0 aromatic rings. The van der Waals surface area contributed by atoms with Crippen molar-refractivity contribution in [1.29, 1.82) is 5.26 Å². The Kier molecular flexibility index (Phi) is 18.1. The summed E-state index contributed by atoms with van der Waals surface area (Å²) in [5.74, 6) is 0. The van der Waals surface area contributed by atoms with E-state index in [1.165, 1.54) is 8.24 Å². The largest absolute Gasteiger partial charge is 0 e. The fourth-order valence-corrected chi connectivity index (χ4v) is 0. The maximum absolute atomic E-state index is 7.64. The Balaban J connectivity index is 0. The zero-order valence-electron chi connectivity index (χ0n) is 2.77. The normalized spacial score (nSPS) is 4.20. The van der Waals surface area contributed by atoms with Crippen LogP contribution in [-0.2, 0) is 51.9 Å². The van der Waals surface area contributed by atoms with Crippen LogP contribution in [0.25, 0.3) is 0 Å². The fraction of sp³-hybridized carbons (Fsp3) is 0. The minimum absolute atomic E-state index is 0. The van der Waals surface area contributed by atoms with Gasteiger partial charge < -0.3 is 0 Å². The van der Waals surface area contributed by atoms with Crippen LogP contribution in [0, 0.1) is 10.7 Å². The Labute approximate surface area is 69.8 Å². The van der Waals surface area contributed by atoms with E-state index in [1.54, 1.807) is 0 Å². The maximum atomic E-state index is 7.64. The molecule has 0 aliphatic carbocycles. The minimum Gasteiger partial charge on any atom is 0 e. The number of nitriles is 1. The summed E-state index contributed by atoms with van der Waals surface area (Å²) >= 11 is 0.629. The molecule has 0 aliphatic rings. The number of hydrogen-bond donors (Lipinski definition) is 0. The van der Waals surface area contributed by atoms with E-state index in [-0.39, 0.29) is 27.3 Å². The van der Waals surface area contributed by atoms with E-state index in [0.29, 0.717) is 24.6 Å². The van der Waals surface area contributed by atoms with E-state index >= 15 is 0 Å². The van der Waals surface area contributed by atoms with Crippen molar-refractivity contribution in [3.05, 3.63) is 0 Å². The third-order valence-corrected chi connectivity index (χ3v) is 1.70. The maximum Gasteiger partial charge on any atom is 0 e. The Morgan fingerprint density at radius 1 is 1.80 bits per heavy atom. The molecule has 0 fully saturated rings. The summed E-state index contributed by atoms with van der Waals surface area (Å²) in [4.78, 5) is 0. The van der Waals surface area contributed by atoms with Gasteiger partial charge in [0, 0.05) is 27.3 Å². The first-order valence-electron chi connectivity index (χ1n) is 0.716. The summed E-state index contributed by atoms with van der Waals surface area (Å²) in [6.45, 7) is 0. The van der Waals surface area contributed by atoms with E-state index in [9.17, 15) is 0 Å².